The number of β-amino-alcohol motifs (C(OH)–C–C–N with tert-alkyl or cyclic N) is 1. The number of aromatic nitrogens is 3. The van der Waals surface area contributed by atoms with Gasteiger partial charge in [-0.3, -0.25) is 9.59 Å². The third kappa shape index (κ3) is 5.04. The van der Waals surface area contributed by atoms with E-state index in [1.165, 1.54) is 4.90 Å². The summed E-state index contributed by atoms with van der Waals surface area (Å²) >= 11 is 0. The minimum absolute atomic E-state index is 0.0191. The van der Waals surface area contributed by atoms with E-state index in [0.29, 0.717) is 5.92 Å². The summed E-state index contributed by atoms with van der Waals surface area (Å²) in [4.78, 5) is 30.7. The number of rotatable bonds is 8. The summed E-state index contributed by atoms with van der Waals surface area (Å²) in [5.41, 5.74) is 1.59. The Kier molecular flexibility index (Phi) is 6.59. The highest BCUT2D eigenvalue weighted by Crippen LogP contribution is 2.41. The second-order valence-electron chi connectivity index (χ2n) is 11.2. The van der Waals surface area contributed by atoms with Crippen molar-refractivity contribution < 1.29 is 14.7 Å². The maximum atomic E-state index is 13.8. The van der Waals surface area contributed by atoms with E-state index in [2.05, 4.69) is 22.2 Å². The molecule has 2 amide bonds. The number of nitrogens with one attached hydrogen (secondary N) is 1. The molecule has 2 aliphatic carbocycles. The zero-order valence-electron chi connectivity index (χ0n) is 20.9. The van der Waals surface area contributed by atoms with Gasteiger partial charge < -0.3 is 20.2 Å². The highest BCUT2D eigenvalue weighted by atomic mass is 16.3. The zero-order valence-corrected chi connectivity index (χ0v) is 20.9. The molecule has 2 N–H and O–H groups in total. The van der Waals surface area contributed by atoms with Crippen LogP contribution >= 0.6 is 0 Å². The van der Waals surface area contributed by atoms with Gasteiger partial charge in [0.2, 0.25) is 11.8 Å². The van der Waals surface area contributed by atoms with Crippen molar-refractivity contribution in [3.8, 4) is 0 Å². The molecule has 0 bridgehead atoms. The van der Waals surface area contributed by atoms with E-state index in [-0.39, 0.29) is 36.7 Å². The van der Waals surface area contributed by atoms with Crippen LogP contribution in [0.15, 0.2) is 30.6 Å². The van der Waals surface area contributed by atoms with Crippen molar-refractivity contribution in [3.05, 3.63) is 36.3 Å². The maximum Gasteiger partial charge on any atom is 0.248 e. The van der Waals surface area contributed by atoms with Gasteiger partial charge >= 0.3 is 0 Å². The van der Waals surface area contributed by atoms with Crippen LogP contribution in [0.1, 0.15) is 64.1 Å². The van der Waals surface area contributed by atoms with E-state index in [0.717, 1.165) is 30.7 Å². The molecule has 1 aromatic rings. The quantitative estimate of drug-likeness (QED) is 0.562. The SMILES string of the molecule is C=C/C=C(/[C@@H]1C[C@H]1NC(=O)[C@@H]1C[C@@H](O)CN1C(=O)[C@@H](n1cc(C2CC2)nn1)C(C)(C)C)N(C)C. The molecular weight excluding hydrogens is 432 g/mol. The Hall–Kier alpha value is -2.68. The molecule has 9 nitrogen and oxygen atoms in total. The molecule has 2 saturated carbocycles. The van der Waals surface area contributed by atoms with Crippen molar-refractivity contribution >= 4 is 11.8 Å². The second kappa shape index (κ2) is 9.17. The standard InChI is InChI=1S/C25H38N6O3/c1-7-8-20(29(5)6)17-12-18(17)26-23(33)21-11-16(32)13-30(21)24(34)22(25(2,3)4)31-14-19(27-28-31)15-9-10-15/h7-8,14-18,21-22,32H,1,9-13H2,2-6H3,(H,26,33)/b20-8-/t16-,17-,18-,21+,22-/m1/s1. The molecule has 0 spiro atoms. The van der Waals surface area contributed by atoms with E-state index >= 15 is 0 Å². The van der Waals surface area contributed by atoms with Crippen molar-refractivity contribution in [3.63, 3.8) is 0 Å². The Balaban J connectivity index is 1.49. The lowest BCUT2D eigenvalue weighted by molar-refractivity contribution is -0.144. The number of likely N-dealkylation sites (tertiary alicyclic amines) is 1. The summed E-state index contributed by atoms with van der Waals surface area (Å²) in [6.07, 6.45) is 8.15. The molecule has 9 heteroatoms. The summed E-state index contributed by atoms with van der Waals surface area (Å²) in [6.45, 7) is 9.88. The third-order valence-electron chi connectivity index (χ3n) is 7.01. The Morgan fingerprint density at radius 1 is 1.29 bits per heavy atom. The van der Waals surface area contributed by atoms with Crippen LogP contribution in [0.4, 0.5) is 0 Å². The number of hydrogen-bond donors (Lipinski definition) is 2. The van der Waals surface area contributed by atoms with Crippen molar-refractivity contribution in [1.29, 1.82) is 0 Å². The first-order valence-electron chi connectivity index (χ1n) is 12.2. The average Bonchev–Trinajstić information content (AvgIpc) is 3.64. The molecule has 4 rings (SSSR count). The van der Waals surface area contributed by atoms with Crippen LogP contribution in [-0.4, -0.2) is 80.5 Å². The molecule has 0 unspecified atom stereocenters. The van der Waals surface area contributed by atoms with Crippen LogP contribution in [0, 0.1) is 11.3 Å². The number of hydrogen-bond acceptors (Lipinski definition) is 6. The first-order chi connectivity index (χ1) is 16.0. The van der Waals surface area contributed by atoms with Gasteiger partial charge in [-0.15, -0.1) is 5.10 Å². The smallest absolute Gasteiger partial charge is 0.248 e. The highest BCUT2D eigenvalue weighted by Gasteiger charge is 2.48. The van der Waals surface area contributed by atoms with Crippen LogP contribution < -0.4 is 5.32 Å². The van der Waals surface area contributed by atoms with E-state index in [1.54, 1.807) is 10.8 Å². The van der Waals surface area contributed by atoms with Crippen LogP contribution in [0.25, 0.3) is 0 Å². The topological polar surface area (TPSA) is 104 Å². The van der Waals surface area contributed by atoms with Crippen molar-refractivity contribution in [2.45, 2.75) is 76.6 Å². The maximum absolute atomic E-state index is 13.8. The third-order valence-corrected chi connectivity index (χ3v) is 7.01. The van der Waals surface area contributed by atoms with Gasteiger partial charge in [-0.2, -0.15) is 0 Å². The fourth-order valence-corrected chi connectivity index (χ4v) is 5.01. The van der Waals surface area contributed by atoms with E-state index in [1.807, 2.05) is 52.0 Å². The predicted octanol–water partition coefficient (Wildman–Crippen LogP) is 1.84. The molecule has 1 aromatic heterocycles. The second-order valence-corrected chi connectivity index (χ2v) is 11.2. The molecule has 0 aromatic carbocycles. The molecule has 3 fully saturated rings. The number of carbonyl (C=O) groups excluding carboxylic acids is 2. The Morgan fingerprint density at radius 2 is 2.00 bits per heavy atom. The number of carbonyl (C=O) groups is 2. The monoisotopic (exact) mass is 470 g/mol. The molecular formula is C25H38N6O3. The number of amides is 2. The normalized spacial score (nSPS) is 27.9. The first-order valence-corrected chi connectivity index (χ1v) is 12.2. The summed E-state index contributed by atoms with van der Waals surface area (Å²) in [5, 5.41) is 22.1. The summed E-state index contributed by atoms with van der Waals surface area (Å²) in [5.74, 6) is 0.249. The summed E-state index contributed by atoms with van der Waals surface area (Å²) in [6, 6.07) is -1.30. The molecule has 2 heterocycles. The predicted molar refractivity (Wildman–Crippen MR) is 129 cm³/mol. The van der Waals surface area contributed by atoms with Crippen LogP contribution in [0.5, 0.6) is 0 Å². The van der Waals surface area contributed by atoms with Crippen molar-refractivity contribution in [1.82, 2.24) is 30.1 Å². The molecule has 5 atom stereocenters. The fourth-order valence-electron chi connectivity index (χ4n) is 5.01. The lowest BCUT2D eigenvalue weighted by atomic mass is 9.85. The molecule has 3 aliphatic rings. The number of nitrogens with zero attached hydrogens (tertiary/aromatic N) is 5. The first kappa shape index (κ1) is 24.4. The van der Waals surface area contributed by atoms with Crippen LogP contribution in [0.2, 0.25) is 0 Å². The Morgan fingerprint density at radius 3 is 2.59 bits per heavy atom. The fraction of sp³-hybridized carbons (Fsp3) is 0.680. The van der Waals surface area contributed by atoms with Gasteiger partial charge in [0.1, 0.15) is 12.1 Å². The number of aliphatic hydroxyl groups is 1. The molecule has 1 saturated heterocycles. The molecule has 1 aliphatic heterocycles. The summed E-state index contributed by atoms with van der Waals surface area (Å²) < 4.78 is 1.65. The van der Waals surface area contributed by atoms with Gasteiger partial charge in [-0.25, -0.2) is 4.68 Å². The van der Waals surface area contributed by atoms with Gasteiger partial charge in [0, 0.05) is 56.8 Å². The number of aliphatic hydroxyl groups excluding tert-OH is 1. The molecule has 34 heavy (non-hydrogen) atoms. The minimum atomic E-state index is -0.730. The molecule has 186 valence electrons. The van der Waals surface area contributed by atoms with Gasteiger partial charge in [0.25, 0.3) is 0 Å². The largest absolute Gasteiger partial charge is 0.391 e. The van der Waals surface area contributed by atoms with Gasteiger partial charge in [-0.05, 0) is 30.8 Å². The van der Waals surface area contributed by atoms with Crippen LogP contribution in [-0.2, 0) is 9.59 Å². The summed E-state index contributed by atoms with van der Waals surface area (Å²) in [7, 11) is 3.96. The van der Waals surface area contributed by atoms with E-state index < -0.39 is 23.6 Å². The van der Waals surface area contributed by atoms with Gasteiger partial charge in [0.05, 0.1) is 11.8 Å². The van der Waals surface area contributed by atoms with Crippen molar-refractivity contribution in [2.75, 3.05) is 20.6 Å². The number of allylic oxidation sites excluding steroid dienone is 2. The van der Waals surface area contributed by atoms with E-state index in [4.69, 9.17) is 0 Å². The van der Waals surface area contributed by atoms with Crippen LogP contribution in [0.3, 0.4) is 0 Å². The lowest BCUT2D eigenvalue weighted by Crippen LogP contribution is -2.51. The molecule has 0 radical (unpaired) electrons. The zero-order chi connectivity index (χ0) is 24.8. The van der Waals surface area contributed by atoms with E-state index in [9.17, 15) is 14.7 Å². The Bertz CT molecular complexity index is 974. The van der Waals surface area contributed by atoms with Gasteiger partial charge in [-0.1, -0.05) is 38.6 Å². The minimum Gasteiger partial charge on any atom is -0.391 e. The Labute approximate surface area is 201 Å². The average molecular weight is 471 g/mol. The van der Waals surface area contributed by atoms with Crippen molar-refractivity contribution in [2.24, 2.45) is 11.3 Å². The van der Waals surface area contributed by atoms with Gasteiger partial charge in [0.15, 0.2) is 0 Å². The lowest BCUT2D eigenvalue weighted by Gasteiger charge is -2.34. The highest BCUT2D eigenvalue weighted by molar-refractivity contribution is 5.90.